The van der Waals surface area contributed by atoms with Gasteiger partial charge in [0.1, 0.15) is 5.75 Å². The van der Waals surface area contributed by atoms with Crippen molar-refractivity contribution in [3.8, 4) is 5.75 Å². The molecule has 2 atom stereocenters. The lowest BCUT2D eigenvalue weighted by atomic mass is 9.96. The van der Waals surface area contributed by atoms with Crippen LogP contribution in [0.5, 0.6) is 5.75 Å². The van der Waals surface area contributed by atoms with Crippen molar-refractivity contribution in [1.29, 1.82) is 0 Å². The van der Waals surface area contributed by atoms with E-state index >= 15 is 0 Å². The zero-order chi connectivity index (χ0) is 22.7. The minimum Gasteiger partial charge on any atom is -0.494 e. The number of methoxy groups -OCH3 is 1. The van der Waals surface area contributed by atoms with E-state index in [2.05, 4.69) is 57.9 Å². The van der Waals surface area contributed by atoms with Gasteiger partial charge in [-0.15, -0.1) is 0 Å². The molecule has 1 aromatic carbocycles. The molecule has 3 heterocycles. The van der Waals surface area contributed by atoms with Crippen LogP contribution >= 0.6 is 12.2 Å². The first-order chi connectivity index (χ1) is 15.5. The predicted molar refractivity (Wildman–Crippen MR) is 131 cm³/mol. The van der Waals surface area contributed by atoms with Gasteiger partial charge in [0, 0.05) is 36.9 Å². The van der Waals surface area contributed by atoms with Crippen LogP contribution < -0.4 is 15.0 Å². The highest BCUT2D eigenvalue weighted by molar-refractivity contribution is 7.80. The number of benzene rings is 1. The number of hydrogen-bond acceptors (Lipinski definition) is 4. The third kappa shape index (κ3) is 4.23. The Morgan fingerprint density at radius 3 is 2.56 bits per heavy atom. The SMILES string of the molecule is CCOc1ccc(N2C(=S)N[C@@H](c3ccccn3)[C@H]2c2cc(C)n(CCOC)c2C)cc1. The summed E-state index contributed by atoms with van der Waals surface area (Å²) in [6, 6.07) is 16.3. The Bertz CT molecular complexity index is 1070. The molecule has 0 bridgehead atoms. The molecule has 0 amide bonds. The van der Waals surface area contributed by atoms with Gasteiger partial charge in [0.25, 0.3) is 0 Å². The number of anilines is 1. The smallest absolute Gasteiger partial charge is 0.174 e. The van der Waals surface area contributed by atoms with Gasteiger partial charge in [-0.1, -0.05) is 6.07 Å². The molecule has 0 unspecified atom stereocenters. The Balaban J connectivity index is 1.80. The second-order valence-corrected chi connectivity index (χ2v) is 8.28. The average Bonchev–Trinajstić information content (AvgIpc) is 3.29. The van der Waals surface area contributed by atoms with Gasteiger partial charge in [-0.3, -0.25) is 4.98 Å². The standard InChI is InChI=1S/C25H30N4O2S/c1-5-31-20-11-9-19(10-12-20)29-24(21-16-17(2)28(18(21)3)14-15-30-4)23(27-25(29)32)22-8-6-7-13-26-22/h6-13,16,23-24H,5,14-15H2,1-4H3,(H,27,32)/t23-,24+/m0/s1. The van der Waals surface area contributed by atoms with Crippen molar-refractivity contribution in [3.05, 3.63) is 77.4 Å². The molecule has 1 fully saturated rings. The Kier molecular flexibility index (Phi) is 6.77. The van der Waals surface area contributed by atoms with Crippen molar-refractivity contribution < 1.29 is 9.47 Å². The van der Waals surface area contributed by atoms with E-state index in [0.717, 1.165) is 23.7 Å². The van der Waals surface area contributed by atoms with Crippen LogP contribution in [0.2, 0.25) is 0 Å². The maximum absolute atomic E-state index is 5.84. The molecule has 1 aliphatic rings. The molecular weight excluding hydrogens is 420 g/mol. The molecule has 0 aliphatic carbocycles. The van der Waals surface area contributed by atoms with E-state index in [1.165, 1.54) is 17.0 Å². The summed E-state index contributed by atoms with van der Waals surface area (Å²) in [6.45, 7) is 8.43. The van der Waals surface area contributed by atoms with Crippen molar-refractivity contribution in [2.75, 3.05) is 25.2 Å². The van der Waals surface area contributed by atoms with E-state index in [0.29, 0.717) is 18.3 Å². The summed E-state index contributed by atoms with van der Waals surface area (Å²) in [7, 11) is 1.74. The van der Waals surface area contributed by atoms with Gasteiger partial charge in [-0.05, 0) is 81.0 Å². The van der Waals surface area contributed by atoms with Gasteiger partial charge in [-0.2, -0.15) is 0 Å². The summed E-state index contributed by atoms with van der Waals surface area (Å²) in [4.78, 5) is 6.85. The van der Waals surface area contributed by atoms with Crippen molar-refractivity contribution in [2.45, 2.75) is 39.4 Å². The molecule has 3 aromatic rings. The molecule has 0 radical (unpaired) electrons. The Hall–Kier alpha value is -2.90. The summed E-state index contributed by atoms with van der Waals surface area (Å²) in [5.74, 6) is 0.852. The Morgan fingerprint density at radius 1 is 1.12 bits per heavy atom. The lowest BCUT2D eigenvalue weighted by Crippen LogP contribution is -2.29. The molecular formula is C25H30N4O2S. The second kappa shape index (κ2) is 9.71. The molecule has 7 heteroatoms. The van der Waals surface area contributed by atoms with Crippen molar-refractivity contribution in [1.82, 2.24) is 14.9 Å². The molecule has 6 nitrogen and oxygen atoms in total. The fraction of sp³-hybridized carbons (Fsp3) is 0.360. The lowest BCUT2D eigenvalue weighted by molar-refractivity contribution is 0.186. The molecule has 1 saturated heterocycles. The van der Waals surface area contributed by atoms with Crippen LogP contribution in [0.4, 0.5) is 5.69 Å². The Labute approximate surface area is 195 Å². The van der Waals surface area contributed by atoms with E-state index in [9.17, 15) is 0 Å². The van der Waals surface area contributed by atoms with E-state index in [-0.39, 0.29) is 12.1 Å². The normalized spacial score (nSPS) is 18.1. The van der Waals surface area contributed by atoms with E-state index in [4.69, 9.17) is 21.7 Å². The quantitative estimate of drug-likeness (QED) is 0.501. The molecule has 32 heavy (non-hydrogen) atoms. The molecule has 1 N–H and O–H groups in total. The lowest BCUT2D eigenvalue weighted by Gasteiger charge is -2.28. The van der Waals surface area contributed by atoms with Gasteiger partial charge in [0.2, 0.25) is 0 Å². The largest absolute Gasteiger partial charge is 0.494 e. The highest BCUT2D eigenvalue weighted by Crippen LogP contribution is 2.43. The molecule has 1 aliphatic heterocycles. The number of ether oxygens (including phenoxy) is 2. The maximum Gasteiger partial charge on any atom is 0.174 e. The van der Waals surface area contributed by atoms with E-state index in [1.807, 2.05) is 37.4 Å². The monoisotopic (exact) mass is 450 g/mol. The molecule has 168 valence electrons. The van der Waals surface area contributed by atoms with Crippen LogP contribution in [0, 0.1) is 13.8 Å². The van der Waals surface area contributed by atoms with Crippen LogP contribution in [0.25, 0.3) is 0 Å². The fourth-order valence-corrected chi connectivity index (χ4v) is 4.82. The number of nitrogens with one attached hydrogen (secondary N) is 1. The summed E-state index contributed by atoms with van der Waals surface area (Å²) in [5.41, 5.74) is 5.65. The number of pyridine rings is 1. The van der Waals surface area contributed by atoms with Gasteiger partial charge in [-0.25, -0.2) is 0 Å². The Morgan fingerprint density at radius 2 is 1.91 bits per heavy atom. The van der Waals surface area contributed by atoms with Crippen molar-refractivity contribution in [3.63, 3.8) is 0 Å². The van der Waals surface area contributed by atoms with Crippen molar-refractivity contribution in [2.24, 2.45) is 0 Å². The van der Waals surface area contributed by atoms with Gasteiger partial charge >= 0.3 is 0 Å². The third-order valence-electron chi connectivity index (χ3n) is 5.97. The first-order valence-corrected chi connectivity index (χ1v) is 11.3. The van der Waals surface area contributed by atoms with Gasteiger partial charge < -0.3 is 24.3 Å². The summed E-state index contributed by atoms with van der Waals surface area (Å²) < 4.78 is 13.3. The summed E-state index contributed by atoms with van der Waals surface area (Å²) >= 11 is 5.84. The van der Waals surface area contributed by atoms with Crippen molar-refractivity contribution >= 4 is 23.0 Å². The number of rotatable bonds is 8. The fourth-order valence-electron chi connectivity index (χ4n) is 4.47. The minimum absolute atomic E-state index is 0.0298. The number of nitrogens with zero attached hydrogens (tertiary/aromatic N) is 3. The molecule has 2 aromatic heterocycles. The molecule has 0 saturated carbocycles. The third-order valence-corrected chi connectivity index (χ3v) is 6.29. The molecule has 0 spiro atoms. The zero-order valence-electron chi connectivity index (χ0n) is 19.0. The van der Waals surface area contributed by atoms with Crippen LogP contribution in [-0.4, -0.2) is 35.0 Å². The predicted octanol–water partition coefficient (Wildman–Crippen LogP) is 4.72. The first-order valence-electron chi connectivity index (χ1n) is 10.9. The first kappa shape index (κ1) is 22.3. The van der Waals surface area contributed by atoms with Crippen LogP contribution in [0.15, 0.2) is 54.7 Å². The van der Waals surface area contributed by atoms with E-state index < -0.39 is 0 Å². The maximum atomic E-state index is 5.84. The van der Waals surface area contributed by atoms with Gasteiger partial charge in [0.05, 0.1) is 31.0 Å². The number of thiocarbonyl (C=S) groups is 1. The summed E-state index contributed by atoms with van der Waals surface area (Å²) in [6.07, 6.45) is 1.83. The number of hydrogen-bond donors (Lipinski definition) is 1. The van der Waals surface area contributed by atoms with Crippen LogP contribution in [0.3, 0.4) is 0 Å². The number of aromatic nitrogens is 2. The highest BCUT2D eigenvalue weighted by Gasteiger charge is 2.42. The highest BCUT2D eigenvalue weighted by atomic mass is 32.1. The van der Waals surface area contributed by atoms with Crippen LogP contribution in [0.1, 0.15) is 41.7 Å². The topological polar surface area (TPSA) is 51.5 Å². The minimum atomic E-state index is -0.0633. The zero-order valence-corrected chi connectivity index (χ0v) is 19.9. The van der Waals surface area contributed by atoms with E-state index in [1.54, 1.807) is 7.11 Å². The summed E-state index contributed by atoms with van der Waals surface area (Å²) in [5, 5.41) is 4.23. The second-order valence-electron chi connectivity index (χ2n) is 7.89. The van der Waals surface area contributed by atoms with Crippen LogP contribution in [-0.2, 0) is 11.3 Å². The average molecular weight is 451 g/mol. The number of aryl methyl sites for hydroxylation is 1. The molecule has 4 rings (SSSR count). The van der Waals surface area contributed by atoms with Gasteiger partial charge in [0.15, 0.2) is 5.11 Å².